The maximum absolute atomic E-state index is 10.8. The minimum absolute atomic E-state index is 0.0195. The van der Waals surface area contributed by atoms with Gasteiger partial charge >= 0.3 is 5.97 Å². The van der Waals surface area contributed by atoms with Gasteiger partial charge in [0.1, 0.15) is 0 Å². The topological polar surface area (TPSA) is 53.1 Å². The minimum Gasteiger partial charge on any atom is -0.481 e. The van der Waals surface area contributed by atoms with E-state index in [4.69, 9.17) is 16.7 Å². The summed E-state index contributed by atoms with van der Waals surface area (Å²) in [5.74, 6) is -0.832. The van der Waals surface area contributed by atoms with Crippen molar-refractivity contribution in [2.24, 2.45) is 0 Å². The van der Waals surface area contributed by atoms with Crippen molar-refractivity contribution in [3.63, 3.8) is 0 Å². The Morgan fingerprint density at radius 1 is 1.44 bits per heavy atom. The molecule has 0 saturated heterocycles. The largest absolute Gasteiger partial charge is 0.481 e. The lowest BCUT2D eigenvalue weighted by atomic mass is 10.1. The highest BCUT2D eigenvalue weighted by Gasteiger charge is 2.13. The van der Waals surface area contributed by atoms with Crippen molar-refractivity contribution < 1.29 is 9.90 Å². The molecule has 0 radical (unpaired) electrons. The van der Waals surface area contributed by atoms with Crippen LogP contribution >= 0.6 is 11.6 Å². The number of H-pyrrole nitrogens is 1. The number of aryl methyl sites for hydroxylation is 2. The van der Waals surface area contributed by atoms with E-state index in [1.807, 2.05) is 26.0 Å². The minimum atomic E-state index is -0.832. The van der Waals surface area contributed by atoms with E-state index in [2.05, 4.69) is 4.98 Å². The molecule has 0 amide bonds. The number of hydrogen-bond acceptors (Lipinski definition) is 1. The van der Waals surface area contributed by atoms with Crippen LogP contribution in [0.15, 0.2) is 12.1 Å². The number of aromatic amines is 1. The smallest absolute Gasteiger partial charge is 0.307 e. The summed E-state index contributed by atoms with van der Waals surface area (Å²) in [7, 11) is 0. The summed E-state index contributed by atoms with van der Waals surface area (Å²) in [5, 5.41) is 10.4. The van der Waals surface area contributed by atoms with E-state index >= 15 is 0 Å². The predicted octanol–water partition coefficient (Wildman–Crippen LogP) is 3.07. The molecule has 3 nitrogen and oxygen atoms in total. The van der Waals surface area contributed by atoms with Gasteiger partial charge in [-0.3, -0.25) is 4.79 Å². The first-order valence-electron chi connectivity index (χ1n) is 4.98. The molecule has 0 fully saturated rings. The first kappa shape index (κ1) is 11.0. The summed E-state index contributed by atoms with van der Waals surface area (Å²) in [6, 6.07) is 3.68. The van der Waals surface area contributed by atoms with Crippen molar-refractivity contribution in [3.05, 3.63) is 34.0 Å². The number of fused-ring (bicyclic) bond motifs is 1. The SMILES string of the molecule is Cc1[nH]c2c(C)cc(Cl)cc2c1CC(=O)O. The average molecular weight is 238 g/mol. The molecule has 16 heavy (non-hydrogen) atoms. The molecule has 0 spiro atoms. The summed E-state index contributed by atoms with van der Waals surface area (Å²) in [4.78, 5) is 14.0. The van der Waals surface area contributed by atoms with Gasteiger partial charge in [0.15, 0.2) is 0 Å². The van der Waals surface area contributed by atoms with Gasteiger partial charge in [0.25, 0.3) is 0 Å². The van der Waals surface area contributed by atoms with Gasteiger partial charge in [-0.25, -0.2) is 0 Å². The Morgan fingerprint density at radius 2 is 2.12 bits per heavy atom. The number of hydrogen-bond donors (Lipinski definition) is 2. The number of carboxylic acids is 1. The van der Waals surface area contributed by atoms with Gasteiger partial charge < -0.3 is 10.1 Å². The van der Waals surface area contributed by atoms with Gasteiger partial charge in [-0.2, -0.15) is 0 Å². The maximum atomic E-state index is 10.8. The van der Waals surface area contributed by atoms with E-state index in [1.165, 1.54) is 0 Å². The molecule has 0 aliphatic rings. The molecule has 2 aromatic rings. The Kier molecular flexibility index (Phi) is 2.64. The molecule has 0 atom stereocenters. The molecule has 0 unspecified atom stereocenters. The summed E-state index contributed by atoms with van der Waals surface area (Å²) in [5.41, 5.74) is 3.70. The molecule has 1 aromatic heterocycles. The fourth-order valence-corrected chi connectivity index (χ4v) is 2.26. The number of benzene rings is 1. The van der Waals surface area contributed by atoms with Crippen molar-refractivity contribution in [2.75, 3.05) is 0 Å². The predicted molar refractivity (Wildman–Crippen MR) is 64.1 cm³/mol. The Morgan fingerprint density at radius 3 is 2.75 bits per heavy atom. The van der Waals surface area contributed by atoms with E-state index < -0.39 is 5.97 Å². The van der Waals surface area contributed by atoms with Gasteiger partial charge in [0.05, 0.1) is 6.42 Å². The van der Waals surface area contributed by atoms with E-state index in [9.17, 15) is 4.79 Å². The lowest BCUT2D eigenvalue weighted by molar-refractivity contribution is -0.136. The Hall–Kier alpha value is -1.48. The Balaban J connectivity index is 2.73. The maximum Gasteiger partial charge on any atom is 0.307 e. The number of aliphatic carboxylic acids is 1. The van der Waals surface area contributed by atoms with Crippen LogP contribution in [0.3, 0.4) is 0 Å². The molecule has 1 heterocycles. The van der Waals surface area contributed by atoms with Crippen LogP contribution < -0.4 is 0 Å². The molecule has 2 N–H and O–H groups in total. The third-order valence-electron chi connectivity index (χ3n) is 2.72. The molecule has 4 heteroatoms. The quantitative estimate of drug-likeness (QED) is 0.844. The first-order chi connectivity index (χ1) is 7.49. The molecule has 1 aromatic carbocycles. The third kappa shape index (κ3) is 1.78. The second kappa shape index (κ2) is 3.83. The van der Waals surface area contributed by atoms with Crippen LogP contribution in [0, 0.1) is 13.8 Å². The molecular formula is C12H12ClNO2. The van der Waals surface area contributed by atoms with Crippen LogP contribution in [-0.2, 0) is 11.2 Å². The van der Waals surface area contributed by atoms with E-state index in [-0.39, 0.29) is 6.42 Å². The normalized spacial score (nSPS) is 10.9. The number of rotatable bonds is 2. The lowest BCUT2D eigenvalue weighted by Gasteiger charge is -1.99. The summed E-state index contributed by atoms with van der Waals surface area (Å²) in [6.07, 6.45) is 0.0195. The highest BCUT2D eigenvalue weighted by Crippen LogP contribution is 2.28. The van der Waals surface area contributed by atoms with Crippen LogP contribution in [0.2, 0.25) is 5.02 Å². The molecule has 0 saturated carbocycles. The standard InChI is InChI=1S/C12H12ClNO2/c1-6-3-8(13)4-10-9(5-11(15)16)7(2)14-12(6)10/h3-4,14H,5H2,1-2H3,(H,15,16). The number of nitrogens with one attached hydrogen (secondary N) is 1. The first-order valence-corrected chi connectivity index (χ1v) is 5.36. The number of halogens is 1. The monoisotopic (exact) mass is 237 g/mol. The van der Waals surface area contributed by atoms with Gasteiger partial charge in [-0.1, -0.05) is 11.6 Å². The molecule has 84 valence electrons. The Labute approximate surface area is 98.0 Å². The van der Waals surface area contributed by atoms with Gasteiger partial charge in [-0.15, -0.1) is 0 Å². The zero-order valence-corrected chi connectivity index (χ0v) is 9.85. The zero-order chi connectivity index (χ0) is 11.9. The van der Waals surface area contributed by atoms with Crippen molar-refractivity contribution in [3.8, 4) is 0 Å². The van der Waals surface area contributed by atoms with Crippen molar-refractivity contribution in [1.29, 1.82) is 0 Å². The van der Waals surface area contributed by atoms with E-state index in [0.29, 0.717) is 5.02 Å². The van der Waals surface area contributed by atoms with Crippen molar-refractivity contribution >= 4 is 28.5 Å². The summed E-state index contributed by atoms with van der Waals surface area (Å²) in [6.45, 7) is 3.83. The second-order valence-electron chi connectivity index (χ2n) is 3.94. The molecule has 0 aliphatic heterocycles. The van der Waals surface area contributed by atoms with Crippen LogP contribution in [0.1, 0.15) is 16.8 Å². The fraction of sp³-hybridized carbons (Fsp3) is 0.250. The van der Waals surface area contributed by atoms with Crippen molar-refractivity contribution in [1.82, 2.24) is 4.98 Å². The van der Waals surface area contributed by atoms with E-state index in [1.54, 1.807) is 0 Å². The third-order valence-corrected chi connectivity index (χ3v) is 2.94. The average Bonchev–Trinajstić information content (AvgIpc) is 2.45. The lowest BCUT2D eigenvalue weighted by Crippen LogP contribution is -2.00. The van der Waals surface area contributed by atoms with Crippen LogP contribution in [0.4, 0.5) is 0 Å². The van der Waals surface area contributed by atoms with Gasteiger partial charge in [0, 0.05) is 21.6 Å². The number of carbonyl (C=O) groups is 1. The highest BCUT2D eigenvalue weighted by atomic mass is 35.5. The number of aromatic nitrogens is 1. The van der Waals surface area contributed by atoms with Gasteiger partial charge in [0.2, 0.25) is 0 Å². The highest BCUT2D eigenvalue weighted by molar-refractivity contribution is 6.31. The fourth-order valence-electron chi connectivity index (χ4n) is 1.99. The summed E-state index contributed by atoms with van der Waals surface area (Å²) >= 11 is 5.98. The van der Waals surface area contributed by atoms with Crippen LogP contribution in [0.25, 0.3) is 10.9 Å². The Bertz CT molecular complexity index is 572. The molecule has 0 bridgehead atoms. The second-order valence-corrected chi connectivity index (χ2v) is 4.38. The summed E-state index contributed by atoms with van der Waals surface area (Å²) < 4.78 is 0. The van der Waals surface area contributed by atoms with Crippen molar-refractivity contribution in [2.45, 2.75) is 20.3 Å². The molecule has 2 rings (SSSR count). The van der Waals surface area contributed by atoms with E-state index in [0.717, 1.165) is 27.7 Å². The van der Waals surface area contributed by atoms with Crippen LogP contribution in [0.5, 0.6) is 0 Å². The van der Waals surface area contributed by atoms with Crippen LogP contribution in [-0.4, -0.2) is 16.1 Å². The number of carboxylic acid groups (broad SMARTS) is 1. The van der Waals surface area contributed by atoms with Gasteiger partial charge in [-0.05, 0) is 37.1 Å². The zero-order valence-electron chi connectivity index (χ0n) is 9.10. The molecule has 0 aliphatic carbocycles. The molecular weight excluding hydrogens is 226 g/mol.